The Morgan fingerprint density at radius 1 is 0.636 bits per heavy atom. The van der Waals surface area contributed by atoms with Crippen LogP contribution in [0.25, 0.3) is 0 Å². The third-order valence-corrected chi connectivity index (χ3v) is 7.53. The Morgan fingerprint density at radius 2 is 1.09 bits per heavy atom. The summed E-state index contributed by atoms with van der Waals surface area (Å²) in [5.74, 6) is 3.56. The topological polar surface area (TPSA) is 182 Å². The summed E-state index contributed by atoms with van der Waals surface area (Å²) in [6.07, 6.45) is 11.5. The third-order valence-electron chi connectivity index (χ3n) is 7.53. The van der Waals surface area contributed by atoms with Crippen LogP contribution in [0.5, 0.6) is 0 Å². The van der Waals surface area contributed by atoms with Crippen LogP contribution in [0.3, 0.4) is 0 Å². The van der Waals surface area contributed by atoms with Crippen molar-refractivity contribution < 1.29 is 0 Å². The van der Waals surface area contributed by atoms with Gasteiger partial charge in [-0.25, -0.2) is 0 Å². The van der Waals surface area contributed by atoms with Crippen molar-refractivity contribution in [3.63, 3.8) is 0 Å². The first-order valence-corrected chi connectivity index (χ1v) is 17.0. The number of pyridine rings is 2. The minimum Gasteiger partial charge on any atom is -0.329 e. The maximum atomic E-state index is 5.93. The molecule has 12 N–H and O–H groups in total. The highest BCUT2D eigenvalue weighted by atomic mass is 14.8. The minimum atomic E-state index is 0.0891. The smallest absolute Gasteiger partial charge is 0.0571 e. The number of rotatable bonds is 11. The normalized spacial score (nSPS) is 20.1. The number of aromatic nitrogens is 2. The van der Waals surface area contributed by atoms with Crippen molar-refractivity contribution in [2.75, 3.05) is 6.54 Å². The van der Waals surface area contributed by atoms with Gasteiger partial charge in [0, 0.05) is 49.1 Å². The Hall–Kier alpha value is -1.94. The van der Waals surface area contributed by atoms with E-state index in [0.717, 1.165) is 55.3 Å². The van der Waals surface area contributed by atoms with Gasteiger partial charge >= 0.3 is 0 Å². The molecule has 44 heavy (non-hydrogen) atoms. The van der Waals surface area contributed by atoms with Gasteiger partial charge in [-0.05, 0) is 98.8 Å². The molecule has 6 unspecified atom stereocenters. The number of nitrogens with two attached hydrogens (primary N) is 6. The molecule has 2 aromatic rings. The van der Waals surface area contributed by atoms with Crippen molar-refractivity contribution in [2.45, 2.75) is 131 Å². The average Bonchev–Trinajstić information content (AvgIpc) is 2.95. The summed E-state index contributed by atoms with van der Waals surface area (Å²) >= 11 is 0. The molecule has 0 saturated heterocycles. The van der Waals surface area contributed by atoms with E-state index < -0.39 is 0 Å². The summed E-state index contributed by atoms with van der Waals surface area (Å²) in [5, 5.41) is 0. The van der Waals surface area contributed by atoms with Gasteiger partial charge in [0.2, 0.25) is 0 Å². The summed E-state index contributed by atoms with van der Waals surface area (Å²) in [6.45, 7) is 18.1. The Bertz CT molecular complexity index is 855. The molecule has 8 heteroatoms. The van der Waals surface area contributed by atoms with E-state index in [1.165, 1.54) is 12.8 Å². The van der Waals surface area contributed by atoms with E-state index in [-0.39, 0.29) is 30.2 Å². The molecule has 1 aliphatic carbocycles. The Labute approximate surface area is 270 Å². The number of hydrogen-bond donors (Lipinski definition) is 6. The molecule has 2 aromatic heterocycles. The van der Waals surface area contributed by atoms with Gasteiger partial charge in [0.05, 0.1) is 11.4 Å². The Kier molecular flexibility index (Phi) is 23.2. The SMILES string of the molecule is CC(C)CC(N)CN.CC(C)CC(N)c1ccccn1.CC(C)CC(N)c1ccccn1.CC(C)CC1CCC(N)C(N)C1. The molecule has 0 radical (unpaired) electrons. The summed E-state index contributed by atoms with van der Waals surface area (Å²) in [5.41, 5.74) is 36.5. The van der Waals surface area contributed by atoms with E-state index in [1.54, 1.807) is 12.4 Å². The second-order valence-corrected chi connectivity index (χ2v) is 14.2. The molecule has 0 aromatic carbocycles. The fourth-order valence-corrected chi connectivity index (χ4v) is 5.35. The molecule has 0 aliphatic heterocycles. The first kappa shape index (κ1) is 42.1. The molecule has 2 heterocycles. The third kappa shape index (κ3) is 21.7. The first-order valence-electron chi connectivity index (χ1n) is 17.0. The van der Waals surface area contributed by atoms with E-state index in [2.05, 4.69) is 65.4 Å². The molecule has 1 aliphatic rings. The van der Waals surface area contributed by atoms with Gasteiger partial charge in [0.1, 0.15) is 0 Å². The first-order chi connectivity index (χ1) is 20.7. The van der Waals surface area contributed by atoms with Gasteiger partial charge in [-0.3, -0.25) is 9.97 Å². The van der Waals surface area contributed by atoms with Crippen molar-refractivity contribution in [1.82, 2.24) is 9.97 Å². The van der Waals surface area contributed by atoms with Crippen LogP contribution < -0.4 is 34.4 Å². The predicted molar refractivity (Wildman–Crippen MR) is 190 cm³/mol. The van der Waals surface area contributed by atoms with Crippen LogP contribution in [-0.4, -0.2) is 34.6 Å². The summed E-state index contributed by atoms with van der Waals surface area (Å²) in [4.78, 5) is 8.41. The Balaban J connectivity index is 0.000000567. The van der Waals surface area contributed by atoms with Crippen LogP contribution in [-0.2, 0) is 0 Å². The second-order valence-electron chi connectivity index (χ2n) is 14.2. The van der Waals surface area contributed by atoms with Gasteiger partial charge < -0.3 is 34.4 Å². The molecule has 1 fully saturated rings. The molecular formula is C36H70N8. The zero-order valence-electron chi connectivity index (χ0n) is 29.4. The van der Waals surface area contributed by atoms with Crippen LogP contribution in [0.2, 0.25) is 0 Å². The van der Waals surface area contributed by atoms with E-state index in [0.29, 0.717) is 24.3 Å². The maximum Gasteiger partial charge on any atom is 0.0571 e. The number of hydrogen-bond acceptors (Lipinski definition) is 8. The molecule has 3 rings (SSSR count). The van der Waals surface area contributed by atoms with Crippen LogP contribution in [0.1, 0.15) is 124 Å². The largest absolute Gasteiger partial charge is 0.329 e. The van der Waals surface area contributed by atoms with E-state index in [9.17, 15) is 0 Å². The maximum absolute atomic E-state index is 5.93. The molecule has 8 nitrogen and oxygen atoms in total. The summed E-state index contributed by atoms with van der Waals surface area (Å²) in [6, 6.07) is 12.6. The number of nitrogens with zero attached hydrogens (tertiary/aromatic N) is 2. The molecule has 0 amide bonds. The monoisotopic (exact) mass is 615 g/mol. The molecule has 1 saturated carbocycles. The fourth-order valence-electron chi connectivity index (χ4n) is 5.35. The highest BCUT2D eigenvalue weighted by Gasteiger charge is 2.25. The molecule has 0 bridgehead atoms. The lowest BCUT2D eigenvalue weighted by Gasteiger charge is -2.32. The molecule has 0 spiro atoms. The highest BCUT2D eigenvalue weighted by Crippen LogP contribution is 2.27. The van der Waals surface area contributed by atoms with Gasteiger partial charge in [-0.1, -0.05) is 67.5 Å². The standard InChI is InChI=1S/C10H22N2.2C10H16N2.C6H16N2/c1-7(2)5-8-3-4-9(11)10(12)6-8;2*1-8(2)7-9(11)10-5-3-4-6-12-10;1-5(2)3-6(8)4-7/h7-10H,3-6,11-12H2,1-2H3;2*3-6,8-9H,7,11H2,1-2H3;5-6H,3-4,7-8H2,1-2H3. The van der Waals surface area contributed by atoms with Gasteiger partial charge in [0.15, 0.2) is 0 Å². The highest BCUT2D eigenvalue weighted by molar-refractivity contribution is 5.08. The van der Waals surface area contributed by atoms with Crippen molar-refractivity contribution in [1.29, 1.82) is 0 Å². The van der Waals surface area contributed by atoms with Gasteiger partial charge in [-0.2, -0.15) is 0 Å². The molecular weight excluding hydrogens is 544 g/mol. The predicted octanol–water partition coefficient (Wildman–Crippen LogP) is 6.06. The quantitative estimate of drug-likeness (QED) is 0.176. The van der Waals surface area contributed by atoms with Gasteiger partial charge in [-0.15, -0.1) is 0 Å². The summed E-state index contributed by atoms with van der Waals surface area (Å²) in [7, 11) is 0. The van der Waals surface area contributed by atoms with Crippen molar-refractivity contribution in [3.8, 4) is 0 Å². The summed E-state index contributed by atoms with van der Waals surface area (Å²) < 4.78 is 0. The average molecular weight is 615 g/mol. The van der Waals surface area contributed by atoms with Crippen molar-refractivity contribution in [3.05, 3.63) is 60.2 Å². The van der Waals surface area contributed by atoms with Crippen molar-refractivity contribution in [2.24, 2.45) is 64.0 Å². The van der Waals surface area contributed by atoms with Crippen LogP contribution in [0, 0.1) is 29.6 Å². The minimum absolute atomic E-state index is 0.0891. The zero-order chi connectivity index (χ0) is 33.7. The second kappa shape index (κ2) is 24.3. The Morgan fingerprint density at radius 3 is 1.39 bits per heavy atom. The lowest BCUT2D eigenvalue weighted by Crippen LogP contribution is -2.46. The van der Waals surface area contributed by atoms with E-state index in [1.807, 2.05) is 36.4 Å². The molecule has 6 atom stereocenters. The van der Waals surface area contributed by atoms with Gasteiger partial charge in [0.25, 0.3) is 0 Å². The van der Waals surface area contributed by atoms with Crippen LogP contribution in [0.15, 0.2) is 48.8 Å². The fraction of sp³-hybridized carbons (Fsp3) is 0.722. The van der Waals surface area contributed by atoms with Crippen LogP contribution >= 0.6 is 0 Å². The zero-order valence-corrected chi connectivity index (χ0v) is 29.4. The lowest BCUT2D eigenvalue weighted by atomic mass is 9.79. The molecule has 254 valence electrons. The van der Waals surface area contributed by atoms with Crippen LogP contribution in [0.4, 0.5) is 0 Å². The van der Waals surface area contributed by atoms with Crippen molar-refractivity contribution >= 4 is 0 Å². The van der Waals surface area contributed by atoms with E-state index in [4.69, 9.17) is 34.4 Å². The lowest BCUT2D eigenvalue weighted by molar-refractivity contribution is 0.255. The van der Waals surface area contributed by atoms with E-state index >= 15 is 0 Å².